The van der Waals surface area contributed by atoms with Gasteiger partial charge in [-0.3, -0.25) is 0 Å². The number of fused-ring (bicyclic) bond motifs is 1. The van der Waals surface area contributed by atoms with E-state index in [-0.39, 0.29) is 4.90 Å². The van der Waals surface area contributed by atoms with E-state index in [0.29, 0.717) is 11.4 Å². The number of ether oxygens (including phenoxy) is 1. The van der Waals surface area contributed by atoms with Crippen LogP contribution >= 0.6 is 0 Å². The summed E-state index contributed by atoms with van der Waals surface area (Å²) in [5.74, 6) is -1.37. The third-order valence-corrected chi connectivity index (χ3v) is 5.22. The van der Waals surface area contributed by atoms with Gasteiger partial charge in [0.15, 0.2) is 4.91 Å². The highest BCUT2D eigenvalue weighted by Crippen LogP contribution is 2.39. The van der Waals surface area contributed by atoms with Gasteiger partial charge in [-0.15, -0.1) is 0 Å². The van der Waals surface area contributed by atoms with Gasteiger partial charge in [0.1, 0.15) is 5.82 Å². The minimum atomic E-state index is -3.97. The molecule has 1 heterocycles. The maximum absolute atomic E-state index is 13.1. The molecule has 7 heteroatoms. The lowest BCUT2D eigenvalue weighted by Crippen LogP contribution is -2.26. The average Bonchev–Trinajstić information content (AvgIpc) is 2.55. The molecule has 0 saturated carbocycles. The molecular weight excluding hydrogens is 321 g/mol. The summed E-state index contributed by atoms with van der Waals surface area (Å²) in [4.78, 5) is 12.9. The SMILES string of the molecule is COC(=O)C1=CN(c2ccc(F)cc2)c2ccccc2S1(=O)=O. The number of halogens is 1. The number of carbonyl (C=O) groups is 1. The number of benzene rings is 2. The Morgan fingerprint density at radius 1 is 1.09 bits per heavy atom. The largest absolute Gasteiger partial charge is 0.465 e. The number of hydrogen-bond donors (Lipinski definition) is 0. The van der Waals surface area contributed by atoms with Gasteiger partial charge < -0.3 is 9.64 Å². The smallest absolute Gasteiger partial charge is 0.351 e. The molecule has 2 aromatic rings. The van der Waals surface area contributed by atoms with Crippen molar-refractivity contribution in [3.63, 3.8) is 0 Å². The maximum atomic E-state index is 13.1. The van der Waals surface area contributed by atoms with Gasteiger partial charge in [-0.25, -0.2) is 17.6 Å². The van der Waals surface area contributed by atoms with Crippen LogP contribution in [0.3, 0.4) is 0 Å². The van der Waals surface area contributed by atoms with Crippen LogP contribution in [-0.2, 0) is 19.4 Å². The Kier molecular flexibility index (Phi) is 3.65. The standard InChI is InChI=1S/C16H12FNO4S/c1-22-16(19)15-10-18(12-8-6-11(17)7-9-12)13-4-2-3-5-14(13)23(15,20)21/h2-10H,1H3. The van der Waals surface area contributed by atoms with Gasteiger partial charge in [0.25, 0.3) is 0 Å². The van der Waals surface area contributed by atoms with E-state index in [4.69, 9.17) is 0 Å². The molecule has 0 bridgehead atoms. The second-order valence-electron chi connectivity index (χ2n) is 4.80. The molecule has 0 radical (unpaired) electrons. The monoisotopic (exact) mass is 333 g/mol. The lowest BCUT2D eigenvalue weighted by molar-refractivity contribution is -0.135. The maximum Gasteiger partial charge on any atom is 0.351 e. The van der Waals surface area contributed by atoms with E-state index >= 15 is 0 Å². The van der Waals surface area contributed by atoms with Crippen LogP contribution in [0.4, 0.5) is 15.8 Å². The lowest BCUT2D eigenvalue weighted by atomic mass is 10.2. The summed E-state index contributed by atoms with van der Waals surface area (Å²) in [7, 11) is -2.86. The molecule has 0 unspecified atom stereocenters. The van der Waals surface area contributed by atoms with Gasteiger partial charge in [0.05, 0.1) is 17.7 Å². The van der Waals surface area contributed by atoms with Crippen LogP contribution in [0.25, 0.3) is 0 Å². The molecule has 1 aliphatic heterocycles. The Morgan fingerprint density at radius 2 is 1.74 bits per heavy atom. The van der Waals surface area contributed by atoms with Crippen molar-refractivity contribution in [1.29, 1.82) is 0 Å². The van der Waals surface area contributed by atoms with Crippen LogP contribution in [0.2, 0.25) is 0 Å². The predicted molar refractivity (Wildman–Crippen MR) is 82.3 cm³/mol. The van der Waals surface area contributed by atoms with Crippen molar-refractivity contribution in [2.45, 2.75) is 4.90 Å². The highest BCUT2D eigenvalue weighted by molar-refractivity contribution is 7.96. The lowest BCUT2D eigenvalue weighted by Gasteiger charge is -2.28. The van der Waals surface area contributed by atoms with Crippen molar-refractivity contribution in [3.05, 3.63) is 65.5 Å². The van der Waals surface area contributed by atoms with E-state index in [1.54, 1.807) is 18.2 Å². The topological polar surface area (TPSA) is 63.7 Å². The number of sulfone groups is 1. The van der Waals surface area contributed by atoms with Crippen LogP contribution in [0.1, 0.15) is 0 Å². The van der Waals surface area contributed by atoms with Crippen LogP contribution < -0.4 is 4.90 Å². The number of esters is 1. The molecule has 118 valence electrons. The van der Waals surface area contributed by atoms with Crippen molar-refractivity contribution in [1.82, 2.24) is 0 Å². The first-order valence-electron chi connectivity index (χ1n) is 6.64. The molecule has 0 atom stereocenters. The van der Waals surface area contributed by atoms with Gasteiger partial charge in [0, 0.05) is 11.9 Å². The normalized spacial score (nSPS) is 15.6. The Morgan fingerprint density at radius 3 is 2.39 bits per heavy atom. The molecule has 0 aromatic heterocycles. The summed E-state index contributed by atoms with van der Waals surface area (Å²) in [6, 6.07) is 11.8. The summed E-state index contributed by atoms with van der Waals surface area (Å²) >= 11 is 0. The molecule has 0 N–H and O–H groups in total. The molecule has 0 amide bonds. The van der Waals surface area contributed by atoms with Crippen LogP contribution in [0.15, 0.2) is 64.5 Å². The van der Waals surface area contributed by atoms with E-state index in [9.17, 15) is 17.6 Å². The van der Waals surface area contributed by atoms with E-state index < -0.39 is 26.5 Å². The zero-order valence-electron chi connectivity index (χ0n) is 12.1. The first kappa shape index (κ1) is 15.2. The molecule has 0 fully saturated rings. The van der Waals surface area contributed by atoms with E-state index in [0.717, 1.165) is 7.11 Å². The fourth-order valence-corrected chi connectivity index (χ4v) is 3.82. The number of carbonyl (C=O) groups excluding carboxylic acids is 1. The first-order chi connectivity index (χ1) is 10.9. The minimum Gasteiger partial charge on any atom is -0.465 e. The van der Waals surface area contributed by atoms with Gasteiger partial charge in [0.2, 0.25) is 9.84 Å². The molecule has 0 saturated heterocycles. The van der Waals surface area contributed by atoms with E-state index in [2.05, 4.69) is 4.74 Å². The van der Waals surface area contributed by atoms with E-state index in [1.807, 2.05) is 0 Å². The molecule has 3 rings (SSSR count). The molecule has 0 spiro atoms. The molecule has 23 heavy (non-hydrogen) atoms. The first-order valence-corrected chi connectivity index (χ1v) is 8.12. The number of anilines is 2. The summed E-state index contributed by atoms with van der Waals surface area (Å²) in [5.41, 5.74) is 0.905. The third kappa shape index (κ3) is 2.49. The minimum absolute atomic E-state index is 0.00720. The van der Waals surface area contributed by atoms with Crippen LogP contribution in [0, 0.1) is 5.82 Å². The predicted octanol–water partition coefficient (Wildman–Crippen LogP) is 2.77. The molecule has 0 aliphatic carbocycles. The summed E-state index contributed by atoms with van der Waals surface area (Å²) in [6.07, 6.45) is 1.19. The second kappa shape index (κ2) is 5.51. The Labute approximate surface area is 132 Å². The van der Waals surface area contributed by atoms with Crippen molar-refractivity contribution in [2.24, 2.45) is 0 Å². The van der Waals surface area contributed by atoms with Crippen molar-refractivity contribution in [3.8, 4) is 0 Å². The fourth-order valence-electron chi connectivity index (χ4n) is 2.34. The number of hydrogen-bond acceptors (Lipinski definition) is 5. The van der Waals surface area contributed by atoms with Crippen LogP contribution in [-0.4, -0.2) is 21.5 Å². The molecular formula is C16H12FNO4S. The van der Waals surface area contributed by atoms with Crippen molar-refractivity contribution >= 4 is 27.2 Å². The second-order valence-corrected chi connectivity index (χ2v) is 6.69. The Bertz CT molecular complexity index is 904. The van der Waals surface area contributed by atoms with Crippen LogP contribution in [0.5, 0.6) is 0 Å². The Hall–Kier alpha value is -2.67. The van der Waals surface area contributed by atoms with Crippen molar-refractivity contribution < 1.29 is 22.3 Å². The summed E-state index contributed by atoms with van der Waals surface area (Å²) in [6.45, 7) is 0. The highest BCUT2D eigenvalue weighted by atomic mass is 32.2. The molecule has 2 aromatic carbocycles. The number of nitrogens with zero attached hydrogens (tertiary/aromatic N) is 1. The number of para-hydroxylation sites is 1. The van der Waals surface area contributed by atoms with Gasteiger partial charge in [-0.2, -0.15) is 0 Å². The third-order valence-electron chi connectivity index (χ3n) is 3.44. The zero-order chi connectivity index (χ0) is 16.6. The highest BCUT2D eigenvalue weighted by Gasteiger charge is 2.36. The molecule has 5 nitrogen and oxygen atoms in total. The quantitative estimate of drug-likeness (QED) is 0.791. The van der Waals surface area contributed by atoms with Gasteiger partial charge in [-0.05, 0) is 36.4 Å². The van der Waals surface area contributed by atoms with Gasteiger partial charge >= 0.3 is 5.97 Å². The summed E-state index contributed by atoms with van der Waals surface area (Å²) < 4.78 is 42.9. The number of rotatable bonds is 2. The van der Waals surface area contributed by atoms with E-state index in [1.165, 1.54) is 41.4 Å². The van der Waals surface area contributed by atoms with Crippen molar-refractivity contribution in [2.75, 3.05) is 12.0 Å². The summed E-state index contributed by atoms with van der Waals surface area (Å²) in [5, 5.41) is 0. The van der Waals surface area contributed by atoms with Gasteiger partial charge in [-0.1, -0.05) is 12.1 Å². The Balaban J connectivity index is 2.25. The fraction of sp³-hybridized carbons (Fsp3) is 0.0625. The average molecular weight is 333 g/mol. The molecule has 1 aliphatic rings. The number of methoxy groups -OCH3 is 1. The zero-order valence-corrected chi connectivity index (χ0v) is 12.9.